The van der Waals surface area contributed by atoms with Crippen molar-refractivity contribution in [3.05, 3.63) is 0 Å². The third kappa shape index (κ3) is 2.62. The van der Waals surface area contributed by atoms with Crippen LogP contribution in [0.1, 0.15) is 27.2 Å². The van der Waals surface area contributed by atoms with Gasteiger partial charge in [0.1, 0.15) is 0 Å². The fraction of sp³-hybridized carbons (Fsp3) is 0.923. The normalized spacial score (nSPS) is 30.2. The van der Waals surface area contributed by atoms with Crippen molar-refractivity contribution in [1.82, 2.24) is 15.5 Å². The lowest BCUT2D eigenvalue weighted by Crippen LogP contribution is -2.61. The number of rotatable bonds is 6. The number of hydrogen-bond donors (Lipinski definition) is 2. The van der Waals surface area contributed by atoms with Gasteiger partial charge in [0.05, 0.1) is 6.10 Å². The van der Waals surface area contributed by atoms with Gasteiger partial charge in [-0.3, -0.25) is 0 Å². The predicted molar refractivity (Wildman–Crippen MR) is 70.6 cm³/mol. The van der Waals surface area contributed by atoms with Crippen molar-refractivity contribution in [2.24, 2.45) is 5.41 Å². The average molecular weight is 255 g/mol. The molecule has 0 aromatic carbocycles. The van der Waals surface area contributed by atoms with Crippen LogP contribution in [-0.4, -0.2) is 55.9 Å². The Balaban J connectivity index is 1.67. The molecule has 5 nitrogen and oxygen atoms in total. The first-order valence-corrected chi connectivity index (χ1v) is 6.93. The lowest BCUT2D eigenvalue weighted by atomic mass is 9.64. The third-order valence-corrected chi connectivity index (χ3v) is 4.26. The predicted octanol–water partition coefficient (Wildman–Crippen LogP) is 0.805. The molecule has 18 heavy (non-hydrogen) atoms. The SMILES string of the molecule is CCOC1CC(NCCN2CCNC2=O)C1(C)C. The van der Waals surface area contributed by atoms with Gasteiger partial charge in [0.15, 0.2) is 0 Å². The van der Waals surface area contributed by atoms with Crippen LogP contribution in [0.25, 0.3) is 0 Å². The minimum Gasteiger partial charge on any atom is -0.378 e. The lowest BCUT2D eigenvalue weighted by molar-refractivity contribution is -0.114. The highest BCUT2D eigenvalue weighted by Crippen LogP contribution is 2.42. The van der Waals surface area contributed by atoms with E-state index >= 15 is 0 Å². The maximum Gasteiger partial charge on any atom is 0.317 e. The first kappa shape index (κ1) is 13.6. The smallest absolute Gasteiger partial charge is 0.317 e. The van der Waals surface area contributed by atoms with Crippen LogP contribution in [0.4, 0.5) is 4.79 Å². The Bertz CT molecular complexity index is 307. The van der Waals surface area contributed by atoms with Gasteiger partial charge >= 0.3 is 6.03 Å². The highest BCUT2D eigenvalue weighted by atomic mass is 16.5. The Morgan fingerprint density at radius 2 is 2.33 bits per heavy atom. The Morgan fingerprint density at radius 3 is 2.89 bits per heavy atom. The molecule has 104 valence electrons. The Morgan fingerprint density at radius 1 is 1.56 bits per heavy atom. The summed E-state index contributed by atoms with van der Waals surface area (Å²) < 4.78 is 5.71. The Hall–Kier alpha value is -0.810. The molecule has 2 atom stereocenters. The lowest BCUT2D eigenvalue weighted by Gasteiger charge is -2.52. The maximum absolute atomic E-state index is 11.4. The summed E-state index contributed by atoms with van der Waals surface area (Å²) in [5.74, 6) is 0. The zero-order valence-electron chi connectivity index (χ0n) is 11.7. The maximum atomic E-state index is 11.4. The van der Waals surface area contributed by atoms with Crippen LogP contribution in [-0.2, 0) is 4.74 Å². The zero-order valence-corrected chi connectivity index (χ0v) is 11.7. The van der Waals surface area contributed by atoms with Crippen LogP contribution in [0.5, 0.6) is 0 Å². The molecule has 2 amide bonds. The minimum atomic E-state index is 0.0665. The van der Waals surface area contributed by atoms with Crippen LogP contribution < -0.4 is 10.6 Å². The van der Waals surface area contributed by atoms with Crippen LogP contribution in [0, 0.1) is 5.41 Å². The molecular weight excluding hydrogens is 230 g/mol. The quantitative estimate of drug-likeness (QED) is 0.738. The van der Waals surface area contributed by atoms with E-state index in [1.54, 1.807) is 0 Å². The van der Waals surface area contributed by atoms with Crippen molar-refractivity contribution in [3.8, 4) is 0 Å². The molecule has 1 aliphatic carbocycles. The van der Waals surface area contributed by atoms with Crippen molar-refractivity contribution in [2.75, 3.05) is 32.8 Å². The van der Waals surface area contributed by atoms with Gasteiger partial charge in [-0.2, -0.15) is 0 Å². The monoisotopic (exact) mass is 255 g/mol. The van der Waals surface area contributed by atoms with Crippen molar-refractivity contribution in [3.63, 3.8) is 0 Å². The van der Waals surface area contributed by atoms with E-state index < -0.39 is 0 Å². The second-order valence-corrected chi connectivity index (χ2v) is 5.73. The summed E-state index contributed by atoms with van der Waals surface area (Å²) in [7, 11) is 0. The molecule has 0 aromatic rings. The number of urea groups is 1. The molecule has 1 saturated carbocycles. The number of nitrogens with one attached hydrogen (secondary N) is 2. The molecule has 0 bridgehead atoms. The molecular formula is C13H25N3O2. The van der Waals surface area contributed by atoms with Gasteiger partial charge in [-0.1, -0.05) is 13.8 Å². The number of ether oxygens (including phenoxy) is 1. The second-order valence-electron chi connectivity index (χ2n) is 5.73. The van der Waals surface area contributed by atoms with Gasteiger partial charge in [0.2, 0.25) is 0 Å². The molecule has 2 unspecified atom stereocenters. The number of hydrogen-bond acceptors (Lipinski definition) is 3. The molecule has 0 spiro atoms. The fourth-order valence-corrected chi connectivity index (χ4v) is 2.81. The van der Waals surface area contributed by atoms with Crippen molar-refractivity contribution >= 4 is 6.03 Å². The van der Waals surface area contributed by atoms with Gasteiger partial charge in [-0.05, 0) is 13.3 Å². The second kappa shape index (κ2) is 5.45. The van der Waals surface area contributed by atoms with Gasteiger partial charge < -0.3 is 20.3 Å². The van der Waals surface area contributed by atoms with E-state index in [-0.39, 0.29) is 11.4 Å². The van der Waals surface area contributed by atoms with Crippen LogP contribution in [0.2, 0.25) is 0 Å². The molecule has 2 aliphatic rings. The highest BCUT2D eigenvalue weighted by Gasteiger charge is 2.48. The van der Waals surface area contributed by atoms with Gasteiger partial charge in [0, 0.05) is 44.2 Å². The standard InChI is InChI=1S/C13H25N3O2/c1-4-18-11-9-10(13(11,2)3)14-5-7-16-8-6-15-12(16)17/h10-11,14H,4-9H2,1-3H3,(H,15,17). The van der Waals surface area contributed by atoms with Crippen molar-refractivity contribution < 1.29 is 9.53 Å². The van der Waals surface area contributed by atoms with E-state index in [4.69, 9.17) is 4.74 Å². The number of nitrogens with zero attached hydrogens (tertiary/aromatic N) is 1. The largest absolute Gasteiger partial charge is 0.378 e. The van der Waals surface area contributed by atoms with E-state index in [2.05, 4.69) is 24.5 Å². The van der Waals surface area contributed by atoms with E-state index in [9.17, 15) is 4.79 Å². The molecule has 2 fully saturated rings. The molecule has 0 aromatic heterocycles. The molecule has 5 heteroatoms. The molecule has 2 rings (SSSR count). The average Bonchev–Trinajstić information content (AvgIpc) is 2.73. The first-order valence-electron chi connectivity index (χ1n) is 6.93. The van der Waals surface area contributed by atoms with Crippen LogP contribution >= 0.6 is 0 Å². The molecule has 2 N–H and O–H groups in total. The fourth-order valence-electron chi connectivity index (χ4n) is 2.81. The number of carbonyl (C=O) groups is 1. The van der Waals surface area contributed by atoms with Crippen LogP contribution in [0.3, 0.4) is 0 Å². The number of carbonyl (C=O) groups excluding carboxylic acids is 1. The Kier molecular flexibility index (Phi) is 4.12. The van der Waals surface area contributed by atoms with Crippen molar-refractivity contribution in [1.29, 1.82) is 0 Å². The molecule has 1 heterocycles. The Labute approximate surface area is 109 Å². The molecule has 1 aliphatic heterocycles. The van der Waals surface area contributed by atoms with Crippen LogP contribution in [0.15, 0.2) is 0 Å². The van der Waals surface area contributed by atoms with E-state index in [1.807, 2.05) is 11.8 Å². The summed E-state index contributed by atoms with van der Waals surface area (Å²) in [4.78, 5) is 13.2. The van der Waals surface area contributed by atoms with E-state index in [0.29, 0.717) is 12.1 Å². The van der Waals surface area contributed by atoms with Crippen molar-refractivity contribution in [2.45, 2.75) is 39.3 Å². The summed E-state index contributed by atoms with van der Waals surface area (Å²) in [5, 5.41) is 6.36. The molecule has 0 radical (unpaired) electrons. The highest BCUT2D eigenvalue weighted by molar-refractivity contribution is 5.76. The van der Waals surface area contributed by atoms with E-state index in [0.717, 1.165) is 39.2 Å². The minimum absolute atomic E-state index is 0.0665. The summed E-state index contributed by atoms with van der Waals surface area (Å²) in [6.45, 7) is 10.6. The molecule has 1 saturated heterocycles. The summed E-state index contributed by atoms with van der Waals surface area (Å²) in [6.07, 6.45) is 1.45. The van der Waals surface area contributed by atoms with Gasteiger partial charge in [0.25, 0.3) is 0 Å². The van der Waals surface area contributed by atoms with Gasteiger partial charge in [-0.15, -0.1) is 0 Å². The number of amides is 2. The summed E-state index contributed by atoms with van der Waals surface area (Å²) >= 11 is 0. The van der Waals surface area contributed by atoms with E-state index in [1.165, 1.54) is 0 Å². The topological polar surface area (TPSA) is 53.6 Å². The first-order chi connectivity index (χ1) is 8.55. The zero-order chi connectivity index (χ0) is 13.2. The summed E-state index contributed by atoms with van der Waals surface area (Å²) in [5.41, 5.74) is 0.198. The third-order valence-electron chi connectivity index (χ3n) is 4.26. The van der Waals surface area contributed by atoms with Gasteiger partial charge in [-0.25, -0.2) is 4.79 Å². The summed E-state index contributed by atoms with van der Waals surface area (Å²) in [6, 6.07) is 0.566.